The molecule has 2 aromatic carbocycles. The Morgan fingerprint density at radius 2 is 1.67 bits per heavy atom. The predicted octanol–water partition coefficient (Wildman–Crippen LogP) is 5.93. The summed E-state index contributed by atoms with van der Waals surface area (Å²) in [4.78, 5) is 0. The third-order valence-corrected chi connectivity index (χ3v) is 3.78. The van der Waals surface area contributed by atoms with Gasteiger partial charge in [0.25, 0.3) is 0 Å². The molecule has 2 N–H and O–H groups in total. The Morgan fingerprint density at radius 3 is 2.38 bits per heavy atom. The number of thiocarbonyl (C=S) groups is 1. The first-order valence-electron chi connectivity index (χ1n) is 6.59. The third kappa shape index (κ3) is 4.34. The third-order valence-electron chi connectivity index (χ3n) is 3.01. The van der Waals surface area contributed by atoms with E-state index in [1.807, 2.05) is 18.2 Å². The van der Waals surface area contributed by atoms with E-state index < -0.39 is 0 Å². The van der Waals surface area contributed by atoms with Gasteiger partial charge >= 0.3 is 0 Å². The molecule has 2 aromatic rings. The normalized spacial score (nSPS) is 10.5. The van der Waals surface area contributed by atoms with Crippen LogP contribution in [0.1, 0.15) is 25.3 Å². The van der Waals surface area contributed by atoms with E-state index in [4.69, 9.17) is 35.4 Å². The summed E-state index contributed by atoms with van der Waals surface area (Å²) in [5.41, 5.74) is 2.88. The summed E-state index contributed by atoms with van der Waals surface area (Å²) in [5, 5.41) is 7.93. The Kier molecular flexibility index (Phi) is 5.45. The second kappa shape index (κ2) is 7.12. The van der Waals surface area contributed by atoms with E-state index in [9.17, 15) is 0 Å². The SMILES string of the molecule is CC(C)c1ccccc1NC(=S)Nc1cc(Cl)ccc1Cl. The van der Waals surface area contributed by atoms with Crippen molar-refractivity contribution in [3.63, 3.8) is 0 Å². The second-order valence-corrected chi connectivity index (χ2v) is 6.20. The summed E-state index contributed by atoms with van der Waals surface area (Å²) in [6.07, 6.45) is 0. The largest absolute Gasteiger partial charge is 0.332 e. The molecule has 2 nitrogen and oxygen atoms in total. The lowest BCUT2D eigenvalue weighted by Crippen LogP contribution is -2.20. The van der Waals surface area contributed by atoms with Crippen molar-refractivity contribution in [2.75, 3.05) is 10.6 Å². The lowest BCUT2D eigenvalue weighted by Gasteiger charge is -2.16. The minimum Gasteiger partial charge on any atom is -0.332 e. The van der Waals surface area contributed by atoms with Gasteiger partial charge in [0.1, 0.15) is 0 Å². The van der Waals surface area contributed by atoms with Crippen molar-refractivity contribution >= 4 is 51.9 Å². The quantitative estimate of drug-likeness (QED) is 0.678. The molecule has 0 aliphatic carbocycles. The molecule has 0 amide bonds. The lowest BCUT2D eigenvalue weighted by molar-refractivity contribution is 0.869. The van der Waals surface area contributed by atoms with Crippen LogP contribution < -0.4 is 10.6 Å². The molecule has 0 atom stereocenters. The maximum atomic E-state index is 6.12. The molecule has 0 heterocycles. The molecule has 0 fully saturated rings. The minimum atomic E-state index is 0.409. The number of hydrogen-bond donors (Lipinski definition) is 2. The number of nitrogens with one attached hydrogen (secondary N) is 2. The number of para-hydroxylation sites is 1. The molecular weight excluding hydrogens is 323 g/mol. The van der Waals surface area contributed by atoms with E-state index in [1.54, 1.807) is 18.2 Å². The maximum absolute atomic E-state index is 6.12. The molecule has 5 heteroatoms. The van der Waals surface area contributed by atoms with Gasteiger partial charge in [-0.3, -0.25) is 0 Å². The van der Waals surface area contributed by atoms with E-state index in [0.29, 0.717) is 26.8 Å². The van der Waals surface area contributed by atoms with Crippen LogP contribution in [-0.4, -0.2) is 5.11 Å². The zero-order valence-corrected chi connectivity index (χ0v) is 14.1. The van der Waals surface area contributed by atoms with E-state index in [0.717, 1.165) is 5.69 Å². The molecule has 110 valence electrons. The smallest absolute Gasteiger partial charge is 0.175 e. The van der Waals surface area contributed by atoms with Gasteiger partial charge in [0.15, 0.2) is 5.11 Å². The molecule has 0 radical (unpaired) electrons. The molecule has 0 saturated heterocycles. The molecule has 21 heavy (non-hydrogen) atoms. The molecule has 2 rings (SSSR count). The number of anilines is 2. The zero-order chi connectivity index (χ0) is 15.4. The maximum Gasteiger partial charge on any atom is 0.175 e. The van der Waals surface area contributed by atoms with Gasteiger partial charge in [0.2, 0.25) is 0 Å². The van der Waals surface area contributed by atoms with E-state index in [-0.39, 0.29) is 0 Å². The first-order valence-corrected chi connectivity index (χ1v) is 7.76. The second-order valence-electron chi connectivity index (χ2n) is 4.95. The molecule has 0 spiro atoms. The molecule has 0 saturated carbocycles. The van der Waals surface area contributed by atoms with E-state index in [2.05, 4.69) is 30.5 Å². The van der Waals surface area contributed by atoms with Gasteiger partial charge in [-0.25, -0.2) is 0 Å². The van der Waals surface area contributed by atoms with E-state index in [1.165, 1.54) is 5.56 Å². The number of hydrogen-bond acceptors (Lipinski definition) is 1. The molecular formula is C16H16Cl2N2S. The Morgan fingerprint density at radius 1 is 1.00 bits per heavy atom. The lowest BCUT2D eigenvalue weighted by atomic mass is 10.0. The molecule has 0 aliphatic rings. The summed E-state index contributed by atoms with van der Waals surface area (Å²) in [7, 11) is 0. The summed E-state index contributed by atoms with van der Waals surface area (Å²) < 4.78 is 0. The van der Waals surface area contributed by atoms with Gasteiger partial charge in [-0.2, -0.15) is 0 Å². The van der Waals surface area contributed by atoms with Crippen molar-refractivity contribution < 1.29 is 0 Å². The number of halogens is 2. The van der Waals surface area contributed by atoms with Crippen LogP contribution in [0.3, 0.4) is 0 Å². The highest BCUT2D eigenvalue weighted by Gasteiger charge is 2.08. The Balaban J connectivity index is 2.14. The number of rotatable bonds is 3. The van der Waals surface area contributed by atoms with Crippen LogP contribution in [0.4, 0.5) is 11.4 Å². The highest BCUT2D eigenvalue weighted by atomic mass is 35.5. The van der Waals surface area contributed by atoms with Crippen molar-refractivity contribution in [1.29, 1.82) is 0 Å². The van der Waals surface area contributed by atoms with E-state index >= 15 is 0 Å². The monoisotopic (exact) mass is 338 g/mol. The summed E-state index contributed by atoms with van der Waals surface area (Å²) in [6, 6.07) is 13.3. The minimum absolute atomic E-state index is 0.409. The summed E-state index contributed by atoms with van der Waals surface area (Å²) in [6.45, 7) is 4.29. The van der Waals surface area contributed by atoms with Gasteiger partial charge in [-0.15, -0.1) is 0 Å². The van der Waals surface area contributed by atoms with Gasteiger partial charge in [-0.1, -0.05) is 55.2 Å². The fourth-order valence-electron chi connectivity index (χ4n) is 1.98. The highest BCUT2D eigenvalue weighted by molar-refractivity contribution is 7.80. The molecule has 0 bridgehead atoms. The van der Waals surface area contributed by atoms with Gasteiger partial charge < -0.3 is 10.6 Å². The Bertz CT molecular complexity index is 656. The Hall–Kier alpha value is -1.29. The van der Waals surface area contributed by atoms with Crippen molar-refractivity contribution in [2.45, 2.75) is 19.8 Å². The van der Waals surface area contributed by atoms with Crippen LogP contribution in [-0.2, 0) is 0 Å². The van der Waals surface area contributed by atoms with Crippen LogP contribution in [0.2, 0.25) is 10.0 Å². The number of benzene rings is 2. The fourth-order valence-corrected chi connectivity index (χ4v) is 2.54. The summed E-state index contributed by atoms with van der Waals surface area (Å²) in [5.74, 6) is 0.409. The van der Waals surface area contributed by atoms with Crippen molar-refractivity contribution in [3.8, 4) is 0 Å². The fraction of sp³-hybridized carbons (Fsp3) is 0.188. The van der Waals surface area contributed by atoms with Crippen molar-refractivity contribution in [1.82, 2.24) is 0 Å². The van der Waals surface area contributed by atoms with Gasteiger partial charge in [0.05, 0.1) is 10.7 Å². The first-order chi connectivity index (χ1) is 9.97. The van der Waals surface area contributed by atoms with Crippen molar-refractivity contribution in [2.24, 2.45) is 0 Å². The molecule has 0 aromatic heterocycles. The standard InChI is InChI=1S/C16H16Cl2N2S/c1-10(2)12-5-3-4-6-14(12)19-16(21)20-15-9-11(17)7-8-13(15)18/h3-10H,1-2H3,(H2,19,20,21). The van der Waals surface area contributed by atoms with Crippen molar-refractivity contribution in [3.05, 3.63) is 58.1 Å². The van der Waals surface area contributed by atoms with Crippen LogP contribution in [0.15, 0.2) is 42.5 Å². The van der Waals surface area contributed by atoms with Crippen LogP contribution in [0.25, 0.3) is 0 Å². The zero-order valence-electron chi connectivity index (χ0n) is 11.8. The summed E-state index contributed by atoms with van der Waals surface area (Å²) >= 11 is 17.4. The topological polar surface area (TPSA) is 24.1 Å². The van der Waals surface area contributed by atoms with Crippen LogP contribution in [0.5, 0.6) is 0 Å². The molecule has 0 aliphatic heterocycles. The molecule has 0 unspecified atom stereocenters. The predicted molar refractivity (Wildman–Crippen MR) is 96.8 cm³/mol. The average Bonchev–Trinajstić information content (AvgIpc) is 2.43. The van der Waals surface area contributed by atoms with Gasteiger partial charge in [0, 0.05) is 10.7 Å². The highest BCUT2D eigenvalue weighted by Crippen LogP contribution is 2.27. The van der Waals surface area contributed by atoms with Crippen LogP contribution in [0, 0.1) is 0 Å². The average molecular weight is 339 g/mol. The Labute approximate surface area is 140 Å². The first kappa shape index (κ1) is 16.1. The van der Waals surface area contributed by atoms with Gasteiger partial charge in [-0.05, 0) is 48.0 Å². The van der Waals surface area contributed by atoms with Crippen LogP contribution >= 0.6 is 35.4 Å².